The van der Waals surface area contributed by atoms with Crippen LogP contribution < -0.4 is 10.6 Å². The zero-order chi connectivity index (χ0) is 17.0. The molecular formula is C14H18ClN5OS2. The first kappa shape index (κ1) is 18.0. The summed E-state index contributed by atoms with van der Waals surface area (Å²) in [5.74, 6) is -0.162. The number of nitrogens with zero attached hydrogens (tertiary/aromatic N) is 3. The number of carbonyl (C=O) groups is 1. The molecule has 9 heteroatoms. The van der Waals surface area contributed by atoms with E-state index in [9.17, 15) is 4.79 Å². The van der Waals surface area contributed by atoms with E-state index in [2.05, 4.69) is 46.6 Å². The highest BCUT2D eigenvalue weighted by Crippen LogP contribution is 2.30. The Labute approximate surface area is 148 Å². The van der Waals surface area contributed by atoms with E-state index in [1.165, 1.54) is 23.1 Å². The van der Waals surface area contributed by atoms with Crippen LogP contribution in [0, 0.1) is 0 Å². The first-order valence-electron chi connectivity index (χ1n) is 6.94. The molecule has 2 rings (SSSR count). The highest BCUT2D eigenvalue weighted by Gasteiger charge is 2.19. The van der Waals surface area contributed by atoms with Gasteiger partial charge in [-0.05, 0) is 39.8 Å². The third-order valence-electron chi connectivity index (χ3n) is 2.55. The predicted octanol–water partition coefficient (Wildman–Crippen LogP) is 3.92. The fraction of sp³-hybridized carbons (Fsp3) is 0.429. The highest BCUT2D eigenvalue weighted by atomic mass is 35.5. The van der Waals surface area contributed by atoms with E-state index in [0.717, 1.165) is 9.47 Å². The van der Waals surface area contributed by atoms with Gasteiger partial charge in [0.25, 0.3) is 0 Å². The van der Waals surface area contributed by atoms with Crippen molar-refractivity contribution in [2.75, 3.05) is 10.6 Å². The Morgan fingerprint density at radius 3 is 2.78 bits per heavy atom. The summed E-state index contributed by atoms with van der Waals surface area (Å²) in [5, 5.41) is 14.9. The van der Waals surface area contributed by atoms with Gasteiger partial charge in [-0.15, -0.1) is 10.2 Å². The molecule has 2 N–H and O–H groups in total. The number of amides is 1. The van der Waals surface area contributed by atoms with Gasteiger partial charge in [0.1, 0.15) is 0 Å². The second-order valence-corrected chi connectivity index (χ2v) is 8.76. The number of hydrogen-bond acceptors (Lipinski definition) is 7. The molecule has 23 heavy (non-hydrogen) atoms. The van der Waals surface area contributed by atoms with Crippen LogP contribution in [-0.2, 0) is 4.79 Å². The van der Waals surface area contributed by atoms with Gasteiger partial charge in [-0.1, -0.05) is 34.7 Å². The Hall–Kier alpha value is -1.38. The zero-order valence-corrected chi connectivity index (χ0v) is 15.6. The molecule has 6 nitrogen and oxygen atoms in total. The number of anilines is 2. The van der Waals surface area contributed by atoms with Gasteiger partial charge in [-0.3, -0.25) is 4.79 Å². The quantitative estimate of drug-likeness (QED) is 0.612. The van der Waals surface area contributed by atoms with Crippen LogP contribution in [0.3, 0.4) is 0 Å². The molecule has 124 valence electrons. The van der Waals surface area contributed by atoms with E-state index in [1.54, 1.807) is 18.3 Å². The van der Waals surface area contributed by atoms with Crippen molar-refractivity contribution in [3.05, 3.63) is 23.5 Å². The molecule has 2 aromatic rings. The minimum absolute atomic E-state index is 0.0818. The lowest BCUT2D eigenvalue weighted by Gasteiger charge is -2.18. The summed E-state index contributed by atoms with van der Waals surface area (Å²) in [7, 11) is 0. The van der Waals surface area contributed by atoms with Gasteiger partial charge in [0.05, 0.1) is 10.9 Å². The zero-order valence-electron chi connectivity index (χ0n) is 13.3. The van der Waals surface area contributed by atoms with Crippen LogP contribution in [0.25, 0.3) is 0 Å². The molecule has 2 aromatic heterocycles. The SMILES string of the molecule is C[C@@H](Sc1nnc(NC(C)(C)C)s1)C(=O)Nc1cccnc1Cl. The van der Waals surface area contributed by atoms with E-state index >= 15 is 0 Å². The van der Waals surface area contributed by atoms with Crippen LogP contribution >= 0.6 is 34.7 Å². The molecule has 0 fully saturated rings. The number of halogens is 1. The molecule has 0 saturated heterocycles. The standard InChI is InChI=1S/C14H18ClN5OS2/c1-8(11(21)17-9-6-5-7-16-10(9)15)22-13-20-19-12(23-13)18-14(2,3)4/h5-8H,1-4H3,(H,17,21)(H,18,19)/t8-/m1/s1. The first-order chi connectivity index (χ1) is 10.7. The average Bonchev–Trinajstić information content (AvgIpc) is 2.86. The lowest BCUT2D eigenvalue weighted by Crippen LogP contribution is -2.25. The number of thioether (sulfide) groups is 1. The smallest absolute Gasteiger partial charge is 0.237 e. The molecule has 0 aliphatic carbocycles. The maximum absolute atomic E-state index is 12.2. The summed E-state index contributed by atoms with van der Waals surface area (Å²) in [6.45, 7) is 7.96. The lowest BCUT2D eigenvalue weighted by atomic mass is 10.1. The van der Waals surface area contributed by atoms with Crippen LogP contribution in [0.2, 0.25) is 5.15 Å². The van der Waals surface area contributed by atoms with Crippen molar-refractivity contribution in [2.45, 2.75) is 42.8 Å². The topological polar surface area (TPSA) is 79.8 Å². The van der Waals surface area contributed by atoms with Crippen molar-refractivity contribution in [1.29, 1.82) is 0 Å². The molecular weight excluding hydrogens is 354 g/mol. The minimum Gasteiger partial charge on any atom is -0.355 e. The molecule has 0 unspecified atom stereocenters. The van der Waals surface area contributed by atoms with Crippen molar-refractivity contribution < 1.29 is 4.79 Å². The van der Waals surface area contributed by atoms with Crippen molar-refractivity contribution in [3.8, 4) is 0 Å². The summed E-state index contributed by atoms with van der Waals surface area (Å²) in [6.07, 6.45) is 1.57. The maximum Gasteiger partial charge on any atom is 0.237 e. The fourth-order valence-electron chi connectivity index (χ4n) is 1.55. The Kier molecular flexibility index (Phi) is 5.83. The number of rotatable bonds is 5. The molecule has 0 aliphatic heterocycles. The van der Waals surface area contributed by atoms with E-state index in [0.29, 0.717) is 5.69 Å². The molecule has 0 aromatic carbocycles. The van der Waals surface area contributed by atoms with Gasteiger partial charge in [0.15, 0.2) is 9.49 Å². The van der Waals surface area contributed by atoms with Gasteiger partial charge in [-0.25, -0.2) is 4.98 Å². The Balaban J connectivity index is 1.95. The van der Waals surface area contributed by atoms with Crippen molar-refractivity contribution >= 4 is 51.4 Å². The summed E-state index contributed by atoms with van der Waals surface area (Å²) in [6, 6.07) is 3.43. The highest BCUT2D eigenvalue weighted by molar-refractivity contribution is 8.02. The van der Waals surface area contributed by atoms with Crippen molar-refractivity contribution in [3.63, 3.8) is 0 Å². The van der Waals surface area contributed by atoms with E-state index in [-0.39, 0.29) is 21.8 Å². The normalized spacial score (nSPS) is 12.7. The average molecular weight is 372 g/mol. The summed E-state index contributed by atoms with van der Waals surface area (Å²) >= 11 is 8.72. The molecule has 2 heterocycles. The van der Waals surface area contributed by atoms with Crippen LogP contribution in [0.15, 0.2) is 22.7 Å². The number of aromatic nitrogens is 3. The summed E-state index contributed by atoms with van der Waals surface area (Å²) in [5.41, 5.74) is 0.417. The van der Waals surface area contributed by atoms with Gasteiger partial charge < -0.3 is 10.6 Å². The third-order valence-corrected chi connectivity index (χ3v) is 4.88. The molecule has 0 bridgehead atoms. The van der Waals surface area contributed by atoms with E-state index < -0.39 is 0 Å². The van der Waals surface area contributed by atoms with Crippen LogP contribution in [-0.4, -0.2) is 31.9 Å². The number of nitrogens with one attached hydrogen (secondary N) is 2. The van der Waals surface area contributed by atoms with E-state index in [1.807, 2.05) is 6.92 Å². The monoisotopic (exact) mass is 371 g/mol. The summed E-state index contributed by atoms with van der Waals surface area (Å²) in [4.78, 5) is 16.2. The van der Waals surface area contributed by atoms with Gasteiger partial charge >= 0.3 is 0 Å². The Morgan fingerprint density at radius 2 is 2.13 bits per heavy atom. The Morgan fingerprint density at radius 1 is 1.39 bits per heavy atom. The van der Waals surface area contributed by atoms with Gasteiger partial charge in [-0.2, -0.15) is 0 Å². The molecule has 0 spiro atoms. The predicted molar refractivity (Wildman–Crippen MR) is 96.5 cm³/mol. The lowest BCUT2D eigenvalue weighted by molar-refractivity contribution is -0.115. The number of hydrogen-bond donors (Lipinski definition) is 2. The largest absolute Gasteiger partial charge is 0.355 e. The molecule has 0 saturated carbocycles. The second kappa shape index (κ2) is 7.46. The Bertz CT molecular complexity index is 686. The third kappa shape index (κ3) is 5.63. The number of pyridine rings is 1. The molecule has 0 radical (unpaired) electrons. The second-order valence-electron chi connectivity index (χ2n) is 5.84. The van der Waals surface area contributed by atoms with Crippen LogP contribution in [0.1, 0.15) is 27.7 Å². The van der Waals surface area contributed by atoms with Crippen LogP contribution in [0.4, 0.5) is 10.8 Å². The minimum atomic E-state index is -0.332. The fourth-order valence-corrected chi connectivity index (χ4v) is 3.82. The first-order valence-corrected chi connectivity index (χ1v) is 9.02. The van der Waals surface area contributed by atoms with Crippen molar-refractivity contribution in [1.82, 2.24) is 15.2 Å². The van der Waals surface area contributed by atoms with Gasteiger partial charge in [0.2, 0.25) is 11.0 Å². The van der Waals surface area contributed by atoms with Gasteiger partial charge in [0, 0.05) is 11.7 Å². The van der Waals surface area contributed by atoms with Crippen LogP contribution in [0.5, 0.6) is 0 Å². The molecule has 1 atom stereocenters. The summed E-state index contributed by atoms with van der Waals surface area (Å²) < 4.78 is 0.733. The van der Waals surface area contributed by atoms with E-state index in [4.69, 9.17) is 11.6 Å². The van der Waals surface area contributed by atoms with Crippen molar-refractivity contribution in [2.24, 2.45) is 0 Å². The number of carbonyl (C=O) groups excluding carboxylic acids is 1. The molecule has 1 amide bonds. The maximum atomic E-state index is 12.2. The molecule has 0 aliphatic rings.